The van der Waals surface area contributed by atoms with Gasteiger partial charge < -0.3 is 16.4 Å². The molecule has 0 aliphatic carbocycles. The molecule has 0 heterocycles. The number of hydrogen-bond donors (Lipinski definition) is 3. The van der Waals surface area contributed by atoms with Crippen molar-refractivity contribution in [1.82, 2.24) is 10.6 Å². The number of nitrogens with one attached hydrogen (secondary N) is 2. The van der Waals surface area contributed by atoms with E-state index in [2.05, 4.69) is 31.4 Å². The topological polar surface area (TPSA) is 67.2 Å². The fourth-order valence-electron chi connectivity index (χ4n) is 0.594. The smallest absolute Gasteiger partial charge is 0.314 e. The summed E-state index contributed by atoms with van der Waals surface area (Å²) in [5, 5.41) is 5.38. The molecule has 0 aromatic carbocycles. The molecule has 0 bridgehead atoms. The first kappa shape index (κ1) is 11.2. The zero-order chi connectivity index (χ0) is 9.61. The molecule has 0 unspecified atom stereocenters. The van der Waals surface area contributed by atoms with E-state index in [9.17, 15) is 4.79 Å². The zero-order valence-corrected chi connectivity index (χ0v) is 8.11. The Bertz CT molecular complexity index is 140. The molecule has 4 nitrogen and oxygen atoms in total. The van der Waals surface area contributed by atoms with E-state index in [0.717, 1.165) is 0 Å². The van der Waals surface area contributed by atoms with E-state index in [1.165, 1.54) is 0 Å². The second kappa shape index (κ2) is 4.98. The monoisotopic (exact) mass is 173 g/mol. The van der Waals surface area contributed by atoms with Gasteiger partial charge in [-0.1, -0.05) is 20.8 Å². The largest absolute Gasteiger partial charge is 0.338 e. The molecule has 0 radical (unpaired) electrons. The highest BCUT2D eigenvalue weighted by Gasteiger charge is 2.10. The van der Waals surface area contributed by atoms with Gasteiger partial charge in [0.05, 0.1) is 0 Å². The molecule has 0 atom stereocenters. The van der Waals surface area contributed by atoms with E-state index in [1.54, 1.807) is 0 Å². The number of urea groups is 1. The highest BCUT2D eigenvalue weighted by molar-refractivity contribution is 5.73. The van der Waals surface area contributed by atoms with Gasteiger partial charge in [-0.3, -0.25) is 0 Å². The van der Waals surface area contributed by atoms with E-state index in [1.807, 2.05) is 0 Å². The molecule has 0 aromatic rings. The normalized spacial score (nSPS) is 11.0. The summed E-state index contributed by atoms with van der Waals surface area (Å²) in [6, 6.07) is -0.143. The minimum absolute atomic E-state index is 0.125. The highest BCUT2D eigenvalue weighted by Crippen LogP contribution is 2.09. The standard InChI is InChI=1S/C8H19N3O/c1-8(2,3)6-11-7(12)10-5-4-9/h4-6,9H2,1-3H3,(H2,10,11,12). The fraction of sp³-hybridized carbons (Fsp3) is 0.875. The summed E-state index contributed by atoms with van der Waals surface area (Å²) in [6.07, 6.45) is 0. The van der Waals surface area contributed by atoms with Crippen LogP contribution >= 0.6 is 0 Å². The lowest BCUT2D eigenvalue weighted by molar-refractivity contribution is 0.236. The van der Waals surface area contributed by atoms with E-state index < -0.39 is 0 Å². The Morgan fingerprint density at radius 1 is 1.33 bits per heavy atom. The van der Waals surface area contributed by atoms with Gasteiger partial charge in [-0.2, -0.15) is 0 Å². The van der Waals surface area contributed by atoms with Gasteiger partial charge in [0, 0.05) is 19.6 Å². The van der Waals surface area contributed by atoms with Crippen LogP contribution in [0.1, 0.15) is 20.8 Å². The molecule has 0 rings (SSSR count). The molecule has 0 aromatic heterocycles. The van der Waals surface area contributed by atoms with Gasteiger partial charge in [-0.05, 0) is 5.41 Å². The van der Waals surface area contributed by atoms with Gasteiger partial charge in [0.1, 0.15) is 0 Å². The Kier molecular flexibility index (Phi) is 4.66. The Morgan fingerprint density at radius 3 is 2.33 bits per heavy atom. The summed E-state index contributed by atoms with van der Waals surface area (Å²) in [4.78, 5) is 11.0. The number of carbonyl (C=O) groups is 1. The maximum Gasteiger partial charge on any atom is 0.314 e. The zero-order valence-electron chi connectivity index (χ0n) is 8.11. The van der Waals surface area contributed by atoms with Crippen molar-refractivity contribution >= 4 is 6.03 Å². The minimum atomic E-state index is -0.143. The van der Waals surface area contributed by atoms with Crippen LogP contribution in [0.4, 0.5) is 4.79 Å². The first-order valence-corrected chi connectivity index (χ1v) is 4.17. The lowest BCUT2D eigenvalue weighted by Crippen LogP contribution is -2.41. The first-order valence-electron chi connectivity index (χ1n) is 4.17. The molecule has 0 saturated carbocycles. The molecular formula is C8H19N3O. The molecule has 72 valence electrons. The SMILES string of the molecule is CC(C)(C)CNC(=O)NCCN. The third-order valence-corrected chi connectivity index (χ3v) is 1.21. The maximum atomic E-state index is 11.0. The van der Waals surface area contributed by atoms with Gasteiger partial charge in [0.2, 0.25) is 0 Å². The van der Waals surface area contributed by atoms with Gasteiger partial charge in [0.15, 0.2) is 0 Å². The second-order valence-electron chi connectivity index (χ2n) is 3.96. The lowest BCUT2D eigenvalue weighted by atomic mass is 9.97. The van der Waals surface area contributed by atoms with Crippen LogP contribution in [0.5, 0.6) is 0 Å². The Labute approximate surface area is 73.9 Å². The van der Waals surface area contributed by atoms with Crippen LogP contribution in [-0.4, -0.2) is 25.7 Å². The quantitative estimate of drug-likeness (QED) is 0.574. The molecule has 4 heteroatoms. The van der Waals surface area contributed by atoms with Crippen molar-refractivity contribution in [1.29, 1.82) is 0 Å². The fourth-order valence-corrected chi connectivity index (χ4v) is 0.594. The van der Waals surface area contributed by atoms with Crippen molar-refractivity contribution in [2.75, 3.05) is 19.6 Å². The predicted octanol–water partition coefficient (Wildman–Crippen LogP) is 0.290. The van der Waals surface area contributed by atoms with Crippen molar-refractivity contribution in [3.8, 4) is 0 Å². The van der Waals surface area contributed by atoms with E-state index in [0.29, 0.717) is 19.6 Å². The van der Waals surface area contributed by atoms with Crippen molar-refractivity contribution in [2.24, 2.45) is 11.1 Å². The molecule has 0 fully saturated rings. The average Bonchev–Trinajstić information content (AvgIpc) is 1.95. The molecule has 0 aliphatic heterocycles. The first-order chi connectivity index (χ1) is 5.45. The second-order valence-corrected chi connectivity index (χ2v) is 3.96. The summed E-state index contributed by atoms with van der Waals surface area (Å²) in [5.74, 6) is 0. The van der Waals surface area contributed by atoms with E-state index in [4.69, 9.17) is 5.73 Å². The summed E-state index contributed by atoms with van der Waals surface area (Å²) in [6.45, 7) is 7.87. The number of hydrogen-bond acceptors (Lipinski definition) is 2. The van der Waals surface area contributed by atoms with Crippen LogP contribution in [0.15, 0.2) is 0 Å². The van der Waals surface area contributed by atoms with Crippen LogP contribution in [0.2, 0.25) is 0 Å². The van der Waals surface area contributed by atoms with E-state index >= 15 is 0 Å². The van der Waals surface area contributed by atoms with E-state index in [-0.39, 0.29) is 11.4 Å². The Balaban J connectivity index is 3.44. The molecule has 12 heavy (non-hydrogen) atoms. The van der Waals surface area contributed by atoms with Crippen LogP contribution in [0.3, 0.4) is 0 Å². The third kappa shape index (κ3) is 7.34. The molecular weight excluding hydrogens is 154 g/mol. The molecule has 0 spiro atoms. The predicted molar refractivity (Wildman–Crippen MR) is 49.9 cm³/mol. The molecule has 2 amide bonds. The van der Waals surface area contributed by atoms with Crippen molar-refractivity contribution < 1.29 is 4.79 Å². The van der Waals surface area contributed by atoms with Crippen molar-refractivity contribution in [3.63, 3.8) is 0 Å². The summed E-state index contributed by atoms with van der Waals surface area (Å²) in [5.41, 5.74) is 5.34. The Hall–Kier alpha value is -0.770. The van der Waals surface area contributed by atoms with Gasteiger partial charge in [-0.25, -0.2) is 4.79 Å². The Morgan fingerprint density at radius 2 is 1.92 bits per heavy atom. The lowest BCUT2D eigenvalue weighted by Gasteiger charge is -2.18. The summed E-state index contributed by atoms with van der Waals surface area (Å²) < 4.78 is 0. The third-order valence-electron chi connectivity index (χ3n) is 1.21. The number of rotatable bonds is 3. The highest BCUT2D eigenvalue weighted by atomic mass is 16.2. The average molecular weight is 173 g/mol. The van der Waals surface area contributed by atoms with Gasteiger partial charge in [-0.15, -0.1) is 0 Å². The van der Waals surface area contributed by atoms with Gasteiger partial charge in [0.25, 0.3) is 0 Å². The van der Waals surface area contributed by atoms with Crippen LogP contribution in [0, 0.1) is 5.41 Å². The number of nitrogens with two attached hydrogens (primary N) is 1. The van der Waals surface area contributed by atoms with Gasteiger partial charge >= 0.3 is 6.03 Å². The van der Waals surface area contributed by atoms with Crippen LogP contribution in [-0.2, 0) is 0 Å². The molecule has 0 aliphatic rings. The molecule has 0 saturated heterocycles. The number of amides is 2. The molecule has 4 N–H and O–H groups in total. The summed E-state index contributed by atoms with van der Waals surface area (Å²) >= 11 is 0. The minimum Gasteiger partial charge on any atom is -0.338 e. The number of carbonyl (C=O) groups excluding carboxylic acids is 1. The summed E-state index contributed by atoms with van der Waals surface area (Å²) in [7, 11) is 0. The van der Waals surface area contributed by atoms with Crippen LogP contribution < -0.4 is 16.4 Å². The van der Waals surface area contributed by atoms with Crippen LogP contribution in [0.25, 0.3) is 0 Å². The van der Waals surface area contributed by atoms with Crippen molar-refractivity contribution in [2.45, 2.75) is 20.8 Å². The van der Waals surface area contributed by atoms with Crippen molar-refractivity contribution in [3.05, 3.63) is 0 Å². The maximum absolute atomic E-state index is 11.0.